The van der Waals surface area contributed by atoms with Gasteiger partial charge in [-0.05, 0) is 25.0 Å². The lowest BCUT2D eigenvalue weighted by Crippen LogP contribution is -1.92. The van der Waals surface area contributed by atoms with E-state index in [0.29, 0.717) is 5.57 Å². The Bertz CT molecular complexity index is 377. The Morgan fingerprint density at radius 2 is 1.93 bits per heavy atom. The van der Waals surface area contributed by atoms with E-state index in [1.165, 1.54) is 5.56 Å². The molecule has 0 bridgehead atoms. The van der Waals surface area contributed by atoms with Gasteiger partial charge in [0.1, 0.15) is 0 Å². The van der Waals surface area contributed by atoms with Crippen molar-refractivity contribution < 1.29 is 5.11 Å². The van der Waals surface area contributed by atoms with Gasteiger partial charge in [-0.25, -0.2) is 0 Å². The van der Waals surface area contributed by atoms with Gasteiger partial charge in [0.2, 0.25) is 0 Å². The van der Waals surface area contributed by atoms with Crippen LogP contribution in [-0.2, 0) is 0 Å². The minimum absolute atomic E-state index is 0.0732. The van der Waals surface area contributed by atoms with Gasteiger partial charge in [-0.2, -0.15) is 0 Å². The fourth-order valence-corrected chi connectivity index (χ4v) is 1.25. The number of hydrogen-bond donors (Lipinski definition) is 1. The molecule has 0 amide bonds. The van der Waals surface area contributed by atoms with Crippen molar-refractivity contribution in [1.29, 1.82) is 0 Å². The molecule has 0 aliphatic carbocycles. The zero-order chi connectivity index (χ0) is 10.6. The first-order chi connectivity index (χ1) is 6.69. The molecule has 0 heterocycles. The van der Waals surface area contributed by atoms with Gasteiger partial charge in [0.15, 0.2) is 0 Å². The third kappa shape index (κ3) is 2.25. The second kappa shape index (κ2) is 4.64. The van der Waals surface area contributed by atoms with E-state index >= 15 is 0 Å². The molecule has 1 N–H and O–H groups in total. The summed E-state index contributed by atoms with van der Waals surface area (Å²) in [7, 11) is 0. The molecule has 0 fully saturated rings. The van der Waals surface area contributed by atoms with Crippen LogP contribution in [-0.4, -0.2) is 11.7 Å². The van der Waals surface area contributed by atoms with Crippen LogP contribution in [0.5, 0.6) is 0 Å². The first-order valence-electron chi connectivity index (χ1n) is 4.53. The van der Waals surface area contributed by atoms with Crippen LogP contribution in [0.25, 0.3) is 5.57 Å². The van der Waals surface area contributed by atoms with Crippen LogP contribution >= 0.6 is 0 Å². The number of benzene rings is 1. The summed E-state index contributed by atoms with van der Waals surface area (Å²) in [5, 5.41) is 9.01. The predicted octanol–water partition coefficient (Wildman–Crippen LogP) is 2.39. The molecule has 1 nitrogen and oxygen atoms in total. The number of allylic oxidation sites excluding steroid dienone is 1. The van der Waals surface area contributed by atoms with E-state index in [4.69, 9.17) is 11.5 Å². The molecule has 0 aliphatic heterocycles. The van der Waals surface area contributed by atoms with Crippen LogP contribution in [0.4, 0.5) is 0 Å². The highest BCUT2D eigenvalue weighted by molar-refractivity contribution is 5.70. The van der Waals surface area contributed by atoms with Gasteiger partial charge in [-0.1, -0.05) is 35.7 Å². The van der Waals surface area contributed by atoms with Gasteiger partial charge in [0.05, 0.1) is 6.61 Å². The summed E-state index contributed by atoms with van der Waals surface area (Å²) >= 11 is 0. The predicted molar refractivity (Wildman–Crippen MR) is 59.7 cm³/mol. The maximum Gasteiger partial charge on any atom is 0.0763 e. The molecule has 72 valence electrons. The minimum Gasteiger partial charge on any atom is -0.391 e. The van der Waals surface area contributed by atoms with Crippen molar-refractivity contribution in [2.45, 2.75) is 13.8 Å². The van der Waals surface area contributed by atoms with Crippen molar-refractivity contribution >= 4 is 5.57 Å². The summed E-state index contributed by atoms with van der Waals surface area (Å²) in [6.07, 6.45) is 5.28. The van der Waals surface area contributed by atoms with Crippen molar-refractivity contribution in [3.63, 3.8) is 0 Å². The molecule has 0 aromatic heterocycles. The van der Waals surface area contributed by atoms with Gasteiger partial charge >= 0.3 is 0 Å². The minimum atomic E-state index is -0.0732. The largest absolute Gasteiger partial charge is 0.391 e. The maximum atomic E-state index is 9.01. The smallest absolute Gasteiger partial charge is 0.0763 e. The third-order valence-electron chi connectivity index (χ3n) is 2.27. The van der Waals surface area contributed by atoms with E-state index in [9.17, 15) is 0 Å². The molecule has 1 heteroatoms. The van der Waals surface area contributed by atoms with Crippen molar-refractivity contribution in [1.82, 2.24) is 0 Å². The Morgan fingerprint density at radius 1 is 1.36 bits per heavy atom. The van der Waals surface area contributed by atoms with Crippen molar-refractivity contribution in [3.8, 4) is 12.3 Å². The van der Waals surface area contributed by atoms with Crippen molar-refractivity contribution in [2.75, 3.05) is 6.61 Å². The Kier molecular flexibility index (Phi) is 3.50. The van der Waals surface area contributed by atoms with E-state index in [2.05, 4.69) is 5.92 Å². The van der Waals surface area contributed by atoms with E-state index < -0.39 is 0 Å². The highest BCUT2D eigenvalue weighted by atomic mass is 16.3. The van der Waals surface area contributed by atoms with Crippen molar-refractivity contribution in [3.05, 3.63) is 41.0 Å². The molecule has 1 aromatic rings. The van der Waals surface area contributed by atoms with Crippen LogP contribution < -0.4 is 0 Å². The van der Waals surface area contributed by atoms with E-state index in [1.54, 1.807) is 0 Å². The quantitative estimate of drug-likeness (QED) is 0.703. The fraction of sp³-hybridized carbons (Fsp3) is 0.231. The molecular weight excluding hydrogens is 172 g/mol. The highest BCUT2D eigenvalue weighted by Crippen LogP contribution is 2.17. The first-order valence-corrected chi connectivity index (χ1v) is 4.53. The van der Waals surface area contributed by atoms with Crippen LogP contribution in [0.15, 0.2) is 29.8 Å². The Hall–Kier alpha value is -1.52. The number of terminal acetylenes is 1. The van der Waals surface area contributed by atoms with E-state index in [-0.39, 0.29) is 6.61 Å². The monoisotopic (exact) mass is 186 g/mol. The zero-order valence-corrected chi connectivity index (χ0v) is 8.54. The molecule has 0 aliphatic rings. The number of aliphatic hydroxyl groups excluding tert-OH is 1. The molecule has 0 unspecified atom stereocenters. The molecule has 0 spiro atoms. The maximum absolute atomic E-state index is 9.01. The summed E-state index contributed by atoms with van der Waals surface area (Å²) in [6.45, 7) is 3.89. The zero-order valence-electron chi connectivity index (χ0n) is 8.54. The Balaban J connectivity index is 3.12. The lowest BCUT2D eigenvalue weighted by Gasteiger charge is -2.05. The Labute approximate surface area is 85.1 Å². The summed E-state index contributed by atoms with van der Waals surface area (Å²) in [5.74, 6) is 2.49. The molecule has 0 saturated carbocycles. The number of rotatable bonds is 2. The number of aryl methyl sites for hydroxylation is 1. The summed E-state index contributed by atoms with van der Waals surface area (Å²) < 4.78 is 0. The normalized spacial score (nSPS) is 11.9. The van der Waals surface area contributed by atoms with Crippen LogP contribution in [0.3, 0.4) is 0 Å². The van der Waals surface area contributed by atoms with E-state index in [1.807, 2.05) is 38.1 Å². The van der Waals surface area contributed by atoms with Gasteiger partial charge < -0.3 is 5.11 Å². The lowest BCUT2D eigenvalue weighted by molar-refractivity contribution is 0.336. The summed E-state index contributed by atoms with van der Waals surface area (Å²) in [5.41, 5.74) is 3.90. The molecule has 1 rings (SSSR count). The van der Waals surface area contributed by atoms with Gasteiger partial charge in [0.25, 0.3) is 0 Å². The molecular formula is C13H14O. The van der Waals surface area contributed by atoms with Crippen LogP contribution in [0.1, 0.15) is 18.1 Å². The van der Waals surface area contributed by atoms with Crippen LogP contribution in [0.2, 0.25) is 0 Å². The topological polar surface area (TPSA) is 20.2 Å². The van der Waals surface area contributed by atoms with Crippen LogP contribution in [0, 0.1) is 19.3 Å². The second-order valence-corrected chi connectivity index (χ2v) is 3.27. The Morgan fingerprint density at radius 3 is 2.36 bits per heavy atom. The molecule has 0 saturated heterocycles. The molecule has 14 heavy (non-hydrogen) atoms. The summed E-state index contributed by atoms with van der Waals surface area (Å²) in [6, 6.07) is 8.09. The average molecular weight is 186 g/mol. The highest BCUT2D eigenvalue weighted by Gasteiger charge is 2.00. The standard InChI is InChI=1S/C13H14O/c1-4-12(9-14)11(3)13-7-5-10(2)6-8-13/h1,5-8,14H,9H2,2-3H3/b12-11+. The number of aliphatic hydroxyl groups is 1. The van der Waals surface area contributed by atoms with Gasteiger partial charge in [0, 0.05) is 5.57 Å². The fourth-order valence-electron chi connectivity index (χ4n) is 1.25. The third-order valence-corrected chi connectivity index (χ3v) is 2.27. The molecule has 0 atom stereocenters. The lowest BCUT2D eigenvalue weighted by atomic mass is 10.0. The SMILES string of the molecule is C#C/C(CO)=C(/C)c1ccc(C)cc1. The van der Waals surface area contributed by atoms with Gasteiger partial charge in [-0.3, -0.25) is 0 Å². The number of hydrogen-bond acceptors (Lipinski definition) is 1. The molecule has 1 aromatic carbocycles. The average Bonchev–Trinajstić information content (AvgIpc) is 2.20. The first kappa shape index (κ1) is 10.6. The van der Waals surface area contributed by atoms with E-state index in [0.717, 1.165) is 11.1 Å². The van der Waals surface area contributed by atoms with Crippen molar-refractivity contribution in [2.24, 2.45) is 0 Å². The van der Waals surface area contributed by atoms with Gasteiger partial charge in [-0.15, -0.1) is 6.42 Å². The second-order valence-electron chi connectivity index (χ2n) is 3.27. The summed E-state index contributed by atoms with van der Waals surface area (Å²) in [4.78, 5) is 0. The molecule has 0 radical (unpaired) electrons.